The Bertz CT molecular complexity index is 821. The third kappa shape index (κ3) is 2.88. The Hall–Kier alpha value is -2.00. The van der Waals surface area contributed by atoms with Gasteiger partial charge in [0.25, 0.3) is 0 Å². The van der Waals surface area contributed by atoms with Gasteiger partial charge in [0.1, 0.15) is 0 Å². The zero-order chi connectivity index (χ0) is 14.8. The molecule has 0 radical (unpaired) electrons. The van der Waals surface area contributed by atoms with E-state index in [1.54, 1.807) is 6.20 Å². The van der Waals surface area contributed by atoms with E-state index < -0.39 is 0 Å². The molecule has 2 nitrogen and oxygen atoms in total. The number of hydrogen-bond donors (Lipinski definition) is 0. The summed E-state index contributed by atoms with van der Waals surface area (Å²) in [5, 5.41) is 1.04. The minimum Gasteiger partial charge on any atom is -0.294 e. The largest absolute Gasteiger partial charge is 0.294 e. The number of aryl methyl sites for hydroxylation is 1. The van der Waals surface area contributed by atoms with Crippen LogP contribution in [0, 0.1) is 6.92 Å². The highest BCUT2D eigenvalue weighted by molar-refractivity contribution is 9.10. The third-order valence-electron chi connectivity index (χ3n) is 3.52. The smallest absolute Gasteiger partial charge is 0.168 e. The SMILES string of the molecule is Cc1ccc(C(=O)Cc2ccnc3ccccc23)c(Br)c1. The molecule has 104 valence electrons. The minimum absolute atomic E-state index is 0.109. The van der Waals surface area contributed by atoms with Crippen molar-refractivity contribution in [3.63, 3.8) is 0 Å². The van der Waals surface area contributed by atoms with E-state index in [4.69, 9.17) is 0 Å². The molecule has 3 aromatic rings. The molecule has 0 aliphatic carbocycles. The summed E-state index contributed by atoms with van der Waals surface area (Å²) in [4.78, 5) is 16.9. The second kappa shape index (κ2) is 5.78. The van der Waals surface area contributed by atoms with Crippen LogP contribution in [0.1, 0.15) is 21.5 Å². The predicted molar refractivity (Wildman–Crippen MR) is 88.7 cm³/mol. The van der Waals surface area contributed by atoms with E-state index in [1.807, 2.05) is 55.5 Å². The van der Waals surface area contributed by atoms with Gasteiger partial charge >= 0.3 is 0 Å². The molecule has 0 spiro atoms. The van der Waals surface area contributed by atoms with Crippen LogP contribution < -0.4 is 0 Å². The number of Topliss-reactive ketones (excluding diaryl/α,β-unsaturated/α-hetero) is 1. The first kappa shape index (κ1) is 14.0. The summed E-state index contributed by atoms with van der Waals surface area (Å²) in [6.45, 7) is 2.01. The fourth-order valence-corrected chi connectivity index (χ4v) is 3.14. The highest BCUT2D eigenvalue weighted by Gasteiger charge is 2.12. The van der Waals surface area contributed by atoms with E-state index in [0.717, 1.165) is 32.1 Å². The Morgan fingerprint density at radius 3 is 2.76 bits per heavy atom. The van der Waals surface area contributed by atoms with Gasteiger partial charge in [0.2, 0.25) is 0 Å². The van der Waals surface area contributed by atoms with Gasteiger partial charge in [0.05, 0.1) is 5.52 Å². The molecular weight excluding hydrogens is 326 g/mol. The summed E-state index contributed by atoms with van der Waals surface area (Å²) in [6.07, 6.45) is 2.14. The van der Waals surface area contributed by atoms with Crippen molar-refractivity contribution in [3.05, 3.63) is 75.9 Å². The van der Waals surface area contributed by atoms with E-state index in [0.29, 0.717) is 6.42 Å². The first-order chi connectivity index (χ1) is 10.1. The van der Waals surface area contributed by atoms with Gasteiger partial charge in [-0.05, 0) is 42.3 Å². The molecule has 0 fully saturated rings. The number of rotatable bonds is 3. The lowest BCUT2D eigenvalue weighted by Gasteiger charge is -2.07. The molecular formula is C18H14BrNO. The van der Waals surface area contributed by atoms with Crippen LogP contribution in [-0.2, 0) is 6.42 Å². The molecule has 21 heavy (non-hydrogen) atoms. The quantitative estimate of drug-likeness (QED) is 0.645. The van der Waals surface area contributed by atoms with Crippen LogP contribution in [0.15, 0.2) is 59.2 Å². The molecule has 0 saturated heterocycles. The maximum absolute atomic E-state index is 12.5. The average molecular weight is 340 g/mol. The van der Waals surface area contributed by atoms with Crippen molar-refractivity contribution in [3.8, 4) is 0 Å². The second-order valence-electron chi connectivity index (χ2n) is 5.07. The standard InChI is InChI=1S/C18H14BrNO/c1-12-6-7-15(16(19)10-12)18(21)11-13-8-9-20-17-5-3-2-4-14(13)17/h2-10H,11H2,1H3. The topological polar surface area (TPSA) is 30.0 Å². The highest BCUT2D eigenvalue weighted by atomic mass is 79.9. The van der Waals surface area contributed by atoms with Gasteiger partial charge in [-0.15, -0.1) is 0 Å². The molecule has 3 heteroatoms. The number of fused-ring (bicyclic) bond motifs is 1. The van der Waals surface area contributed by atoms with Crippen molar-refractivity contribution in [1.29, 1.82) is 0 Å². The monoisotopic (exact) mass is 339 g/mol. The molecule has 0 amide bonds. The van der Waals surface area contributed by atoms with E-state index in [1.165, 1.54) is 0 Å². The normalized spacial score (nSPS) is 10.8. The minimum atomic E-state index is 0.109. The van der Waals surface area contributed by atoms with Crippen LogP contribution >= 0.6 is 15.9 Å². The average Bonchev–Trinajstić information content (AvgIpc) is 2.47. The maximum atomic E-state index is 12.5. The number of halogens is 1. The van der Waals surface area contributed by atoms with Crippen molar-refractivity contribution in [2.45, 2.75) is 13.3 Å². The molecule has 1 heterocycles. The fourth-order valence-electron chi connectivity index (χ4n) is 2.42. The zero-order valence-electron chi connectivity index (χ0n) is 11.6. The Balaban J connectivity index is 1.97. The van der Waals surface area contributed by atoms with Gasteiger partial charge in [-0.2, -0.15) is 0 Å². The summed E-state index contributed by atoms with van der Waals surface area (Å²) >= 11 is 3.48. The van der Waals surface area contributed by atoms with Gasteiger partial charge in [-0.25, -0.2) is 0 Å². The van der Waals surface area contributed by atoms with Crippen LogP contribution in [0.3, 0.4) is 0 Å². The van der Waals surface area contributed by atoms with Crippen molar-refractivity contribution >= 4 is 32.6 Å². The molecule has 1 aromatic heterocycles. The van der Waals surface area contributed by atoms with Gasteiger partial charge in [-0.3, -0.25) is 9.78 Å². The Labute approximate surface area is 132 Å². The number of benzene rings is 2. The molecule has 0 N–H and O–H groups in total. The van der Waals surface area contributed by atoms with Gasteiger partial charge in [0, 0.05) is 28.0 Å². The first-order valence-corrected chi connectivity index (χ1v) is 7.56. The molecule has 0 atom stereocenters. The number of hydrogen-bond acceptors (Lipinski definition) is 2. The number of para-hydroxylation sites is 1. The predicted octanol–water partition coefficient (Wildman–Crippen LogP) is 4.73. The summed E-state index contributed by atoms with van der Waals surface area (Å²) < 4.78 is 0.853. The van der Waals surface area contributed by atoms with Crippen LogP contribution in [-0.4, -0.2) is 10.8 Å². The number of ketones is 1. The summed E-state index contributed by atoms with van der Waals surface area (Å²) in [5.41, 5.74) is 3.79. The molecule has 0 aliphatic heterocycles. The summed E-state index contributed by atoms with van der Waals surface area (Å²) in [7, 11) is 0. The lowest BCUT2D eigenvalue weighted by Crippen LogP contribution is -2.05. The Kier molecular flexibility index (Phi) is 3.84. The molecule has 2 aromatic carbocycles. The molecule has 0 unspecified atom stereocenters. The van der Waals surface area contributed by atoms with E-state index in [9.17, 15) is 4.79 Å². The van der Waals surface area contributed by atoms with Gasteiger partial charge in [0.15, 0.2) is 5.78 Å². The number of carbonyl (C=O) groups excluding carboxylic acids is 1. The Morgan fingerprint density at radius 1 is 1.14 bits per heavy atom. The van der Waals surface area contributed by atoms with Crippen LogP contribution in [0.25, 0.3) is 10.9 Å². The van der Waals surface area contributed by atoms with Crippen molar-refractivity contribution in [2.24, 2.45) is 0 Å². The molecule has 3 rings (SSSR count). The van der Waals surface area contributed by atoms with Gasteiger partial charge < -0.3 is 0 Å². The second-order valence-corrected chi connectivity index (χ2v) is 5.92. The van der Waals surface area contributed by atoms with Crippen LogP contribution in [0.4, 0.5) is 0 Å². The molecule has 0 saturated carbocycles. The van der Waals surface area contributed by atoms with Crippen LogP contribution in [0.5, 0.6) is 0 Å². The van der Waals surface area contributed by atoms with E-state index in [2.05, 4.69) is 20.9 Å². The maximum Gasteiger partial charge on any atom is 0.168 e. The number of nitrogens with zero attached hydrogens (tertiary/aromatic N) is 1. The molecule has 0 bridgehead atoms. The number of pyridine rings is 1. The fraction of sp³-hybridized carbons (Fsp3) is 0.111. The summed E-state index contributed by atoms with van der Waals surface area (Å²) in [5.74, 6) is 0.109. The highest BCUT2D eigenvalue weighted by Crippen LogP contribution is 2.22. The van der Waals surface area contributed by atoms with Crippen LogP contribution in [0.2, 0.25) is 0 Å². The van der Waals surface area contributed by atoms with Crippen molar-refractivity contribution < 1.29 is 4.79 Å². The molecule has 0 aliphatic rings. The zero-order valence-corrected chi connectivity index (χ0v) is 13.2. The van der Waals surface area contributed by atoms with E-state index >= 15 is 0 Å². The summed E-state index contributed by atoms with van der Waals surface area (Å²) in [6, 6.07) is 15.6. The number of carbonyl (C=O) groups is 1. The first-order valence-electron chi connectivity index (χ1n) is 6.77. The lowest BCUT2D eigenvalue weighted by atomic mass is 9.99. The Morgan fingerprint density at radius 2 is 1.95 bits per heavy atom. The van der Waals surface area contributed by atoms with E-state index in [-0.39, 0.29) is 5.78 Å². The lowest BCUT2D eigenvalue weighted by molar-refractivity contribution is 0.0992. The van der Waals surface area contributed by atoms with Gasteiger partial charge in [-0.1, -0.05) is 40.2 Å². The van der Waals surface area contributed by atoms with Crippen molar-refractivity contribution in [1.82, 2.24) is 4.98 Å². The number of aromatic nitrogens is 1. The third-order valence-corrected chi connectivity index (χ3v) is 4.17. The van der Waals surface area contributed by atoms with Crippen molar-refractivity contribution in [2.75, 3.05) is 0 Å².